The van der Waals surface area contributed by atoms with Gasteiger partial charge in [-0.3, -0.25) is 39.2 Å². The molecule has 1 atom stereocenters. The Morgan fingerprint density at radius 2 is 1.66 bits per heavy atom. The van der Waals surface area contributed by atoms with Crippen LogP contribution in [0, 0.1) is 18.3 Å². The highest BCUT2D eigenvalue weighted by Gasteiger charge is 2.49. The molecule has 1 spiro atoms. The van der Waals surface area contributed by atoms with E-state index in [1.807, 2.05) is 43.5 Å². The molecule has 0 radical (unpaired) electrons. The van der Waals surface area contributed by atoms with Crippen molar-refractivity contribution in [1.82, 2.24) is 25.1 Å². The number of aromatic nitrogens is 2. The zero-order chi connectivity index (χ0) is 43.5. The molecule has 13 nitrogen and oxygen atoms in total. The number of rotatable bonds is 10. The smallest absolute Gasteiger partial charge is 0.274 e. The Balaban J connectivity index is 0.760. The molecule has 1 unspecified atom stereocenters. The van der Waals surface area contributed by atoms with E-state index in [-0.39, 0.29) is 30.7 Å². The summed E-state index contributed by atoms with van der Waals surface area (Å²) in [5.74, 6) is -1.25. The number of piperidine rings is 1. The predicted molar refractivity (Wildman–Crippen MR) is 236 cm³/mol. The van der Waals surface area contributed by atoms with Crippen LogP contribution in [0.25, 0.3) is 10.8 Å². The zero-order valence-corrected chi connectivity index (χ0v) is 36.1. The van der Waals surface area contributed by atoms with Gasteiger partial charge in [0.15, 0.2) is 0 Å². The molecule has 4 N–H and O–H groups in total. The summed E-state index contributed by atoms with van der Waals surface area (Å²) < 4.78 is 0. The van der Waals surface area contributed by atoms with E-state index in [1.165, 1.54) is 25.7 Å². The van der Waals surface area contributed by atoms with E-state index in [2.05, 4.69) is 38.9 Å². The number of hydrogen-bond acceptors (Lipinski definition) is 10. The minimum absolute atomic E-state index is 0.0937. The van der Waals surface area contributed by atoms with Crippen LogP contribution in [-0.2, 0) is 15.2 Å². The maximum atomic E-state index is 13.6. The highest BCUT2D eigenvalue weighted by molar-refractivity contribution is 6.25. The van der Waals surface area contributed by atoms with E-state index >= 15 is 0 Å². The predicted octanol–water partition coefficient (Wildman–Crippen LogP) is 7.23. The van der Waals surface area contributed by atoms with E-state index in [9.17, 15) is 29.1 Å². The zero-order valence-electron chi connectivity index (χ0n) is 36.1. The molecule has 62 heavy (non-hydrogen) atoms. The van der Waals surface area contributed by atoms with Gasteiger partial charge in [0, 0.05) is 70.9 Å². The minimum atomic E-state index is -1.18. The number of aryl methyl sites for hydroxylation is 1. The molecule has 4 heterocycles. The van der Waals surface area contributed by atoms with Crippen molar-refractivity contribution >= 4 is 51.7 Å². The van der Waals surface area contributed by atoms with Crippen molar-refractivity contribution in [3.63, 3.8) is 0 Å². The number of nitrogens with zero attached hydrogens (tertiary/aromatic N) is 4. The largest absolute Gasteiger partial charge is 0.386 e. The van der Waals surface area contributed by atoms with Crippen LogP contribution in [0.5, 0.6) is 0 Å². The van der Waals surface area contributed by atoms with Crippen LogP contribution in [0.1, 0.15) is 145 Å². The van der Waals surface area contributed by atoms with E-state index < -0.39 is 29.4 Å². The average molecular weight is 840 g/mol. The molecule has 5 amide bonds. The van der Waals surface area contributed by atoms with Gasteiger partial charge in [0.25, 0.3) is 17.7 Å². The molecular formula is C49H57N7O6. The number of amides is 5. The van der Waals surface area contributed by atoms with Crippen LogP contribution in [-0.4, -0.2) is 86.1 Å². The fourth-order valence-corrected chi connectivity index (χ4v) is 11.1. The molecule has 4 aromatic rings. The first-order valence-corrected chi connectivity index (χ1v) is 22.4. The molecule has 3 saturated carbocycles. The van der Waals surface area contributed by atoms with Gasteiger partial charge in [0.1, 0.15) is 11.7 Å². The highest BCUT2D eigenvalue weighted by atomic mass is 16.3. The van der Waals surface area contributed by atoms with Gasteiger partial charge in [0.2, 0.25) is 11.8 Å². The Morgan fingerprint density at radius 3 is 2.37 bits per heavy atom. The summed E-state index contributed by atoms with van der Waals surface area (Å²) in [5, 5.41) is 21.8. The second-order valence-corrected chi connectivity index (χ2v) is 19.3. The summed E-state index contributed by atoms with van der Waals surface area (Å²) >= 11 is 0. The molecule has 324 valence electrons. The van der Waals surface area contributed by atoms with Gasteiger partial charge in [-0.1, -0.05) is 12.1 Å². The Morgan fingerprint density at radius 1 is 0.919 bits per heavy atom. The van der Waals surface area contributed by atoms with E-state index in [0.29, 0.717) is 57.1 Å². The Kier molecular flexibility index (Phi) is 11.0. The molecule has 2 aromatic carbocycles. The van der Waals surface area contributed by atoms with Crippen LogP contribution < -0.4 is 16.0 Å². The average Bonchev–Trinajstić information content (AvgIpc) is 3.48. The monoisotopic (exact) mass is 839 g/mol. The highest BCUT2D eigenvalue weighted by Crippen LogP contribution is 2.53. The summed E-state index contributed by atoms with van der Waals surface area (Å²) in [5.41, 5.74) is 3.75. The maximum absolute atomic E-state index is 13.6. The van der Waals surface area contributed by atoms with E-state index in [1.54, 1.807) is 32.0 Å². The van der Waals surface area contributed by atoms with Gasteiger partial charge in [-0.05, 0) is 158 Å². The number of anilines is 2. The molecule has 5 aliphatic rings. The Labute approximate surface area is 362 Å². The molecule has 13 heteroatoms. The SMILES string of the molecule is Cc1cccc(C(=O)Nc2cc3cc(C4CCC(CN(C)C5CCC6(CC5)CC(Nc5cccc7c5C(=O)N(C5CCC(=O)NC5=O)C7=O)C6)CC4)ncc3cc2C(C)(C)O)n1. The lowest BCUT2D eigenvalue weighted by atomic mass is 9.57. The maximum Gasteiger partial charge on any atom is 0.274 e. The molecule has 0 bridgehead atoms. The lowest BCUT2D eigenvalue weighted by Crippen LogP contribution is -2.54. The van der Waals surface area contributed by atoms with Crippen molar-refractivity contribution < 1.29 is 29.1 Å². The number of pyridine rings is 2. The number of carbonyl (C=O) groups excluding carboxylic acids is 5. The van der Waals surface area contributed by atoms with Crippen molar-refractivity contribution in [2.24, 2.45) is 11.3 Å². The summed E-state index contributed by atoms with van der Waals surface area (Å²) in [6.07, 6.45) is 13.4. The lowest BCUT2D eigenvalue weighted by molar-refractivity contribution is -0.136. The van der Waals surface area contributed by atoms with Crippen molar-refractivity contribution in [2.45, 2.75) is 127 Å². The number of benzene rings is 2. The number of hydrogen-bond donors (Lipinski definition) is 4. The number of imide groups is 2. The van der Waals surface area contributed by atoms with Crippen molar-refractivity contribution in [1.29, 1.82) is 0 Å². The van der Waals surface area contributed by atoms with Gasteiger partial charge in [-0.25, -0.2) is 4.98 Å². The normalized spacial score (nSPS) is 26.4. The first kappa shape index (κ1) is 41.8. The molecule has 2 aliphatic heterocycles. The second kappa shape index (κ2) is 16.3. The van der Waals surface area contributed by atoms with Crippen molar-refractivity contribution in [3.05, 3.63) is 94.6 Å². The third-order valence-electron chi connectivity index (χ3n) is 14.5. The van der Waals surface area contributed by atoms with Gasteiger partial charge >= 0.3 is 0 Å². The number of fused-ring (bicyclic) bond motifs is 2. The first-order valence-electron chi connectivity index (χ1n) is 22.4. The summed E-state index contributed by atoms with van der Waals surface area (Å²) in [7, 11) is 2.30. The fraction of sp³-hybridized carbons (Fsp3) is 0.490. The van der Waals surface area contributed by atoms with Crippen LogP contribution in [0.2, 0.25) is 0 Å². The molecule has 2 aromatic heterocycles. The molecular weight excluding hydrogens is 783 g/mol. The topological polar surface area (TPSA) is 174 Å². The van der Waals surface area contributed by atoms with Crippen molar-refractivity contribution in [3.8, 4) is 0 Å². The fourth-order valence-electron chi connectivity index (χ4n) is 11.1. The van der Waals surface area contributed by atoms with Crippen LogP contribution in [0.3, 0.4) is 0 Å². The van der Waals surface area contributed by atoms with E-state index in [0.717, 1.165) is 72.1 Å². The van der Waals surface area contributed by atoms with Crippen LogP contribution >= 0.6 is 0 Å². The quantitative estimate of drug-likeness (QED) is 0.119. The summed E-state index contributed by atoms with van der Waals surface area (Å²) in [4.78, 5) is 77.3. The third kappa shape index (κ3) is 8.12. The van der Waals surface area contributed by atoms with Gasteiger partial charge in [0.05, 0.1) is 16.7 Å². The third-order valence-corrected chi connectivity index (χ3v) is 14.5. The first-order chi connectivity index (χ1) is 29.6. The van der Waals surface area contributed by atoms with Crippen LogP contribution in [0.4, 0.5) is 11.4 Å². The van der Waals surface area contributed by atoms with Gasteiger partial charge < -0.3 is 20.6 Å². The minimum Gasteiger partial charge on any atom is -0.386 e. The molecule has 9 rings (SSSR count). The number of carbonyl (C=O) groups is 5. The summed E-state index contributed by atoms with van der Waals surface area (Å²) in [6.45, 7) is 6.39. The number of aliphatic hydroxyl groups is 1. The van der Waals surface area contributed by atoms with Gasteiger partial charge in [-0.15, -0.1) is 0 Å². The number of nitrogens with one attached hydrogen (secondary N) is 3. The Hall–Kier alpha value is -5.53. The standard InChI is InChI=1S/C49H57N7O6/c1-28-7-5-10-38(51-28)44(58)53-40-23-31-22-39(50-26-32(31)21-36(40)48(2,3)62)30-13-11-29(12-14-30)27-55(4)34-17-19-49(20-18-34)24-33(25-49)52-37-9-6-8-35-43(37)47(61)56(46(35)60)41-15-16-42(57)54-45(41)59/h5-10,21-23,26,29-30,33-34,41,52,62H,11-20,24-25,27H2,1-4H3,(H,53,58)(H,54,57,59). The summed E-state index contributed by atoms with van der Waals surface area (Å²) in [6, 6.07) is 16.5. The van der Waals surface area contributed by atoms with E-state index in [4.69, 9.17) is 4.98 Å². The van der Waals surface area contributed by atoms with Crippen molar-refractivity contribution in [2.75, 3.05) is 24.2 Å². The van der Waals surface area contributed by atoms with Gasteiger partial charge in [-0.2, -0.15) is 0 Å². The molecule has 3 aliphatic carbocycles. The second-order valence-electron chi connectivity index (χ2n) is 19.3. The van der Waals surface area contributed by atoms with Crippen LogP contribution in [0.15, 0.2) is 60.8 Å². The molecule has 1 saturated heterocycles. The lowest BCUT2D eigenvalue weighted by Gasteiger charge is -2.53. The molecule has 4 fully saturated rings. The Bertz CT molecular complexity index is 2450.